The molecular formula is C15H15N5O. The van der Waals surface area contributed by atoms with Crippen molar-refractivity contribution in [1.82, 2.24) is 15.2 Å². The SMILES string of the molecule is NCc1c(N)nc2c(c1-c1ccco1)CCc1cn[nH]c1-2. The van der Waals surface area contributed by atoms with Gasteiger partial charge in [0.25, 0.3) is 0 Å². The number of furan rings is 1. The van der Waals surface area contributed by atoms with Crippen LogP contribution in [0.5, 0.6) is 0 Å². The first-order chi connectivity index (χ1) is 10.3. The zero-order chi connectivity index (χ0) is 14.4. The van der Waals surface area contributed by atoms with Gasteiger partial charge in [0.2, 0.25) is 0 Å². The summed E-state index contributed by atoms with van der Waals surface area (Å²) in [6.07, 6.45) is 5.29. The molecule has 1 aliphatic rings. The Morgan fingerprint density at radius 1 is 1.33 bits per heavy atom. The van der Waals surface area contributed by atoms with Crippen LogP contribution in [-0.2, 0) is 19.4 Å². The zero-order valence-corrected chi connectivity index (χ0v) is 11.4. The van der Waals surface area contributed by atoms with Crippen molar-refractivity contribution >= 4 is 5.82 Å². The Hall–Kier alpha value is -2.60. The average molecular weight is 281 g/mol. The average Bonchev–Trinajstić information content (AvgIpc) is 3.17. The summed E-state index contributed by atoms with van der Waals surface area (Å²) in [5.41, 5.74) is 17.9. The molecule has 106 valence electrons. The largest absolute Gasteiger partial charge is 0.464 e. The predicted molar refractivity (Wildman–Crippen MR) is 79.2 cm³/mol. The molecule has 1 aliphatic carbocycles. The number of nitrogens with one attached hydrogen (secondary N) is 1. The van der Waals surface area contributed by atoms with Crippen LogP contribution in [0.15, 0.2) is 29.0 Å². The molecule has 3 aromatic heterocycles. The summed E-state index contributed by atoms with van der Waals surface area (Å²) >= 11 is 0. The van der Waals surface area contributed by atoms with Gasteiger partial charge in [-0.25, -0.2) is 4.98 Å². The number of rotatable bonds is 2. The molecule has 6 nitrogen and oxygen atoms in total. The van der Waals surface area contributed by atoms with Gasteiger partial charge < -0.3 is 15.9 Å². The van der Waals surface area contributed by atoms with Gasteiger partial charge in [-0.3, -0.25) is 5.10 Å². The highest BCUT2D eigenvalue weighted by molar-refractivity contribution is 5.81. The van der Waals surface area contributed by atoms with E-state index in [2.05, 4.69) is 15.2 Å². The van der Waals surface area contributed by atoms with E-state index in [1.54, 1.807) is 6.26 Å². The Bertz CT molecular complexity index is 804. The highest BCUT2D eigenvalue weighted by Crippen LogP contribution is 2.40. The molecule has 0 aliphatic heterocycles. The molecule has 3 heterocycles. The zero-order valence-electron chi connectivity index (χ0n) is 11.4. The predicted octanol–water partition coefficient (Wildman–Crippen LogP) is 1.87. The van der Waals surface area contributed by atoms with E-state index in [4.69, 9.17) is 15.9 Å². The molecule has 0 atom stereocenters. The molecule has 0 unspecified atom stereocenters. The van der Waals surface area contributed by atoms with Crippen LogP contribution in [0.2, 0.25) is 0 Å². The second kappa shape index (κ2) is 4.46. The maximum absolute atomic E-state index is 6.12. The molecule has 0 radical (unpaired) electrons. The maximum atomic E-state index is 6.12. The number of aryl methyl sites for hydroxylation is 1. The molecule has 0 bridgehead atoms. The van der Waals surface area contributed by atoms with Gasteiger partial charge >= 0.3 is 0 Å². The van der Waals surface area contributed by atoms with E-state index in [9.17, 15) is 0 Å². The third kappa shape index (κ3) is 1.69. The van der Waals surface area contributed by atoms with Crippen LogP contribution in [-0.4, -0.2) is 15.2 Å². The Morgan fingerprint density at radius 2 is 2.24 bits per heavy atom. The van der Waals surface area contributed by atoms with Crippen molar-refractivity contribution in [2.24, 2.45) is 5.73 Å². The quantitative estimate of drug-likeness (QED) is 0.664. The van der Waals surface area contributed by atoms with Crippen molar-refractivity contribution in [3.8, 4) is 22.7 Å². The monoisotopic (exact) mass is 281 g/mol. The fraction of sp³-hybridized carbons (Fsp3) is 0.200. The van der Waals surface area contributed by atoms with E-state index in [1.807, 2.05) is 18.3 Å². The van der Waals surface area contributed by atoms with Crippen molar-refractivity contribution < 1.29 is 4.42 Å². The van der Waals surface area contributed by atoms with Crippen molar-refractivity contribution in [1.29, 1.82) is 0 Å². The highest BCUT2D eigenvalue weighted by atomic mass is 16.3. The summed E-state index contributed by atoms with van der Waals surface area (Å²) in [6.45, 7) is 0.331. The molecule has 0 spiro atoms. The molecule has 21 heavy (non-hydrogen) atoms. The van der Waals surface area contributed by atoms with Gasteiger partial charge in [-0.05, 0) is 36.1 Å². The van der Waals surface area contributed by atoms with Gasteiger partial charge in [-0.2, -0.15) is 5.10 Å². The third-order valence-electron chi connectivity index (χ3n) is 4.00. The second-order valence-electron chi connectivity index (χ2n) is 5.13. The first kappa shape index (κ1) is 12.2. The number of aromatic nitrogens is 3. The summed E-state index contributed by atoms with van der Waals surface area (Å²) in [7, 11) is 0. The Kier molecular flexibility index (Phi) is 2.58. The van der Waals surface area contributed by atoms with Crippen LogP contribution < -0.4 is 11.5 Å². The number of nitrogen functional groups attached to an aromatic ring is 1. The van der Waals surface area contributed by atoms with Crippen LogP contribution in [0.3, 0.4) is 0 Å². The molecule has 4 rings (SSSR count). The summed E-state index contributed by atoms with van der Waals surface area (Å²) in [5, 5.41) is 7.13. The first-order valence-electron chi connectivity index (χ1n) is 6.87. The van der Waals surface area contributed by atoms with E-state index in [-0.39, 0.29) is 0 Å². The highest BCUT2D eigenvalue weighted by Gasteiger charge is 2.26. The molecule has 0 saturated carbocycles. The van der Waals surface area contributed by atoms with Crippen LogP contribution in [0.25, 0.3) is 22.7 Å². The topological polar surface area (TPSA) is 107 Å². The minimum Gasteiger partial charge on any atom is -0.464 e. The van der Waals surface area contributed by atoms with E-state index in [1.165, 1.54) is 5.56 Å². The van der Waals surface area contributed by atoms with Crippen molar-refractivity contribution in [2.45, 2.75) is 19.4 Å². The number of pyridine rings is 1. The lowest BCUT2D eigenvalue weighted by atomic mass is 9.87. The fourth-order valence-electron chi connectivity index (χ4n) is 3.02. The molecule has 0 aromatic carbocycles. The van der Waals surface area contributed by atoms with E-state index in [0.29, 0.717) is 12.4 Å². The van der Waals surface area contributed by atoms with Crippen molar-refractivity contribution in [2.75, 3.05) is 5.73 Å². The van der Waals surface area contributed by atoms with E-state index >= 15 is 0 Å². The van der Waals surface area contributed by atoms with Crippen molar-refractivity contribution in [3.05, 3.63) is 41.3 Å². The van der Waals surface area contributed by atoms with Gasteiger partial charge in [0.15, 0.2) is 0 Å². The van der Waals surface area contributed by atoms with Crippen LogP contribution in [0.1, 0.15) is 16.7 Å². The van der Waals surface area contributed by atoms with Gasteiger partial charge in [-0.1, -0.05) is 0 Å². The summed E-state index contributed by atoms with van der Waals surface area (Å²) in [4.78, 5) is 4.55. The Balaban J connectivity index is 2.06. The smallest absolute Gasteiger partial charge is 0.134 e. The lowest BCUT2D eigenvalue weighted by Crippen LogP contribution is -2.13. The van der Waals surface area contributed by atoms with Crippen LogP contribution in [0, 0.1) is 0 Å². The third-order valence-corrected chi connectivity index (χ3v) is 4.00. The van der Waals surface area contributed by atoms with Crippen LogP contribution in [0.4, 0.5) is 5.82 Å². The number of nitrogens with two attached hydrogens (primary N) is 2. The molecule has 3 aromatic rings. The second-order valence-corrected chi connectivity index (χ2v) is 5.13. The van der Waals surface area contributed by atoms with Gasteiger partial charge in [0.05, 0.1) is 23.8 Å². The number of hydrogen-bond acceptors (Lipinski definition) is 5. The van der Waals surface area contributed by atoms with Gasteiger partial charge in [0.1, 0.15) is 11.6 Å². The minimum absolute atomic E-state index is 0.331. The van der Waals surface area contributed by atoms with Gasteiger partial charge in [0, 0.05) is 17.7 Å². The molecule has 0 fully saturated rings. The number of fused-ring (bicyclic) bond motifs is 3. The standard InChI is InChI=1S/C15H15N5O/c16-6-10-12(11-2-1-5-21-11)9-4-3-8-7-18-20-13(8)14(9)19-15(10)17/h1-2,5,7H,3-4,6,16H2,(H2,17,19)(H,18,20). The Morgan fingerprint density at radius 3 is 3.00 bits per heavy atom. The Labute approximate surface area is 121 Å². The summed E-state index contributed by atoms with van der Waals surface area (Å²) in [5.74, 6) is 1.23. The molecular weight excluding hydrogens is 266 g/mol. The van der Waals surface area contributed by atoms with Crippen LogP contribution >= 0.6 is 0 Å². The van der Waals surface area contributed by atoms with E-state index < -0.39 is 0 Å². The summed E-state index contributed by atoms with van der Waals surface area (Å²) in [6, 6.07) is 3.79. The molecule has 0 amide bonds. The molecule has 6 heteroatoms. The molecule has 5 N–H and O–H groups in total. The minimum atomic E-state index is 0.331. The van der Waals surface area contributed by atoms with Crippen molar-refractivity contribution in [3.63, 3.8) is 0 Å². The normalized spacial score (nSPS) is 13.0. The fourth-order valence-corrected chi connectivity index (χ4v) is 3.02. The number of nitrogens with zero attached hydrogens (tertiary/aromatic N) is 2. The maximum Gasteiger partial charge on any atom is 0.134 e. The number of aromatic amines is 1. The van der Waals surface area contributed by atoms with Gasteiger partial charge in [-0.15, -0.1) is 0 Å². The first-order valence-corrected chi connectivity index (χ1v) is 6.87. The lowest BCUT2D eigenvalue weighted by molar-refractivity contribution is 0.580. The summed E-state index contributed by atoms with van der Waals surface area (Å²) < 4.78 is 5.59. The molecule has 0 saturated heterocycles. The number of H-pyrrole nitrogens is 1. The number of anilines is 1. The van der Waals surface area contributed by atoms with E-state index in [0.717, 1.165) is 46.7 Å². The number of hydrogen-bond donors (Lipinski definition) is 3. The lowest BCUT2D eigenvalue weighted by Gasteiger charge is -2.21.